The van der Waals surface area contributed by atoms with Crippen LogP contribution in [-0.2, 0) is 17.7 Å². The molecule has 1 unspecified atom stereocenters. The molecule has 4 heterocycles. The fourth-order valence-corrected chi connectivity index (χ4v) is 5.42. The first-order valence-corrected chi connectivity index (χ1v) is 12.1. The van der Waals surface area contributed by atoms with Crippen LogP contribution in [-0.4, -0.2) is 57.1 Å². The fourth-order valence-electron chi connectivity index (χ4n) is 5.42. The molecule has 0 aliphatic carbocycles. The Hall–Kier alpha value is -3.27. The summed E-state index contributed by atoms with van der Waals surface area (Å²) in [7, 11) is 0. The van der Waals surface area contributed by atoms with Crippen LogP contribution < -0.4 is 5.56 Å². The van der Waals surface area contributed by atoms with Gasteiger partial charge in [-0.05, 0) is 64.3 Å². The van der Waals surface area contributed by atoms with E-state index in [1.165, 1.54) is 12.1 Å². The predicted molar refractivity (Wildman–Crippen MR) is 125 cm³/mol. The van der Waals surface area contributed by atoms with Crippen LogP contribution >= 0.6 is 0 Å². The minimum absolute atomic E-state index is 0.0191. The number of rotatable bonds is 6. The molecule has 2 aliphatic rings. The van der Waals surface area contributed by atoms with Crippen molar-refractivity contribution in [2.24, 2.45) is 0 Å². The summed E-state index contributed by atoms with van der Waals surface area (Å²) in [5.74, 6) is 0.371. The van der Waals surface area contributed by atoms with Crippen LogP contribution in [0.2, 0.25) is 0 Å². The molecule has 0 saturated carbocycles. The molecule has 0 radical (unpaired) electrons. The molecule has 1 atom stereocenters. The maximum Gasteiger partial charge on any atom is 0.505 e. The summed E-state index contributed by atoms with van der Waals surface area (Å²) in [6.45, 7) is 5.00. The number of nitrogens with zero attached hydrogens (tertiary/aromatic N) is 4. The molecule has 3 aromatic rings. The van der Waals surface area contributed by atoms with E-state index in [0.717, 1.165) is 62.0 Å². The Morgan fingerprint density at radius 3 is 2.83 bits per heavy atom. The van der Waals surface area contributed by atoms with Gasteiger partial charge in [-0.3, -0.25) is 9.36 Å². The third-order valence-corrected chi connectivity index (χ3v) is 7.32. The highest BCUT2D eigenvalue weighted by molar-refractivity contribution is 5.79. The van der Waals surface area contributed by atoms with Gasteiger partial charge in [0.05, 0.1) is 11.6 Å². The molecule has 2 aromatic heterocycles. The van der Waals surface area contributed by atoms with E-state index >= 15 is 0 Å². The van der Waals surface area contributed by atoms with E-state index < -0.39 is 6.16 Å². The number of likely N-dealkylation sites (tertiary alicyclic amines) is 1. The Kier molecular flexibility index (Phi) is 6.55. The first-order chi connectivity index (χ1) is 16.9. The number of aryl methyl sites for hydroxylation is 1. The molecule has 2 aliphatic heterocycles. The number of hydrogen-bond donors (Lipinski definition) is 1. The van der Waals surface area contributed by atoms with Crippen molar-refractivity contribution in [3.05, 3.63) is 57.1 Å². The monoisotopic (exact) mass is 484 g/mol. The number of fused-ring (bicyclic) bond motifs is 2. The number of piperidine rings is 1. The third kappa shape index (κ3) is 4.80. The minimum atomic E-state index is -1.31. The summed E-state index contributed by atoms with van der Waals surface area (Å²) in [6, 6.07) is 4.55. The highest BCUT2D eigenvalue weighted by Crippen LogP contribution is 2.33. The molecule has 0 bridgehead atoms. The number of benzene rings is 1. The maximum atomic E-state index is 13.4. The van der Waals surface area contributed by atoms with Gasteiger partial charge >= 0.3 is 6.16 Å². The van der Waals surface area contributed by atoms with Crippen molar-refractivity contribution >= 4 is 17.1 Å². The van der Waals surface area contributed by atoms with E-state index in [-0.39, 0.29) is 29.8 Å². The molecular weight excluding hydrogens is 455 g/mol. The van der Waals surface area contributed by atoms with Gasteiger partial charge in [-0.2, -0.15) is 0 Å². The summed E-state index contributed by atoms with van der Waals surface area (Å²) < 4.78 is 25.3. The number of ether oxygens (including phenoxy) is 1. The van der Waals surface area contributed by atoms with Gasteiger partial charge in [0.2, 0.25) is 0 Å². The molecule has 5 rings (SSSR count). The number of halogens is 1. The smallest absolute Gasteiger partial charge is 0.450 e. The average molecular weight is 485 g/mol. The zero-order valence-corrected chi connectivity index (χ0v) is 19.7. The summed E-state index contributed by atoms with van der Waals surface area (Å²) >= 11 is 0. The lowest BCUT2D eigenvalue weighted by Crippen LogP contribution is -2.38. The van der Waals surface area contributed by atoms with Crippen LogP contribution in [0.1, 0.15) is 60.3 Å². The van der Waals surface area contributed by atoms with Gasteiger partial charge in [0.15, 0.2) is 5.58 Å². The average Bonchev–Trinajstić information content (AvgIpc) is 3.26. The fraction of sp³-hybridized carbons (Fsp3) is 0.520. The minimum Gasteiger partial charge on any atom is -0.450 e. The lowest BCUT2D eigenvalue weighted by Gasteiger charge is -2.31. The van der Waals surface area contributed by atoms with E-state index in [0.29, 0.717) is 30.1 Å². The molecule has 1 fully saturated rings. The molecule has 1 saturated heterocycles. The van der Waals surface area contributed by atoms with Crippen molar-refractivity contribution in [3.63, 3.8) is 0 Å². The summed E-state index contributed by atoms with van der Waals surface area (Å²) in [6.07, 6.45) is 2.69. The zero-order chi connectivity index (χ0) is 24.5. The molecule has 10 heteroatoms. The van der Waals surface area contributed by atoms with Gasteiger partial charge < -0.3 is 19.3 Å². The standard InChI is InChI=1S/C25H29FN4O5/c1-15-19(24(31)30-9-2-3-17(23(30)27-15)14-34-25(32)33)8-12-29-10-6-16(7-11-29)22-20-5-4-18(26)13-21(20)35-28-22/h4-5,13,16-17H,2-3,6-12,14H2,1H3,(H,32,33). The van der Waals surface area contributed by atoms with Crippen LogP contribution in [0, 0.1) is 12.7 Å². The SMILES string of the molecule is Cc1nc2n(c(=O)c1CCN1CCC(c3noc4cc(F)ccc34)CC1)CCCC2COC(=O)O. The van der Waals surface area contributed by atoms with E-state index in [4.69, 9.17) is 19.4 Å². The number of aromatic nitrogens is 3. The Morgan fingerprint density at radius 2 is 2.06 bits per heavy atom. The lowest BCUT2D eigenvalue weighted by molar-refractivity contribution is 0.0817. The Morgan fingerprint density at radius 1 is 1.26 bits per heavy atom. The first kappa shape index (κ1) is 23.5. The van der Waals surface area contributed by atoms with Crippen LogP contribution in [0.3, 0.4) is 0 Å². The topological polar surface area (TPSA) is 111 Å². The normalized spacial score (nSPS) is 19.1. The van der Waals surface area contributed by atoms with Gasteiger partial charge in [-0.1, -0.05) is 5.16 Å². The summed E-state index contributed by atoms with van der Waals surface area (Å²) in [4.78, 5) is 31.1. The summed E-state index contributed by atoms with van der Waals surface area (Å²) in [5.41, 5.74) is 2.78. The number of hydrogen-bond acceptors (Lipinski definition) is 7. The molecule has 0 amide bonds. The van der Waals surface area contributed by atoms with Gasteiger partial charge in [0.25, 0.3) is 5.56 Å². The molecule has 0 spiro atoms. The van der Waals surface area contributed by atoms with Crippen molar-refractivity contribution in [3.8, 4) is 0 Å². The highest BCUT2D eigenvalue weighted by Gasteiger charge is 2.28. The Bertz CT molecular complexity index is 1290. The van der Waals surface area contributed by atoms with Gasteiger partial charge in [0, 0.05) is 41.7 Å². The molecule has 1 aromatic carbocycles. The number of carbonyl (C=O) groups is 1. The Labute approximate surface area is 201 Å². The first-order valence-electron chi connectivity index (χ1n) is 12.1. The van der Waals surface area contributed by atoms with Crippen molar-refractivity contribution in [2.75, 3.05) is 26.2 Å². The third-order valence-electron chi connectivity index (χ3n) is 7.32. The lowest BCUT2D eigenvalue weighted by atomic mass is 9.91. The van der Waals surface area contributed by atoms with Crippen molar-refractivity contribution in [1.82, 2.24) is 19.6 Å². The predicted octanol–water partition coefficient (Wildman–Crippen LogP) is 3.83. The van der Waals surface area contributed by atoms with E-state index in [2.05, 4.69) is 10.1 Å². The largest absolute Gasteiger partial charge is 0.505 e. The van der Waals surface area contributed by atoms with Crippen LogP contribution in [0.25, 0.3) is 11.0 Å². The van der Waals surface area contributed by atoms with Crippen molar-refractivity contribution in [1.29, 1.82) is 0 Å². The number of carboxylic acid groups (broad SMARTS) is 1. The van der Waals surface area contributed by atoms with Crippen molar-refractivity contribution in [2.45, 2.75) is 57.4 Å². The second kappa shape index (κ2) is 9.77. The van der Waals surface area contributed by atoms with Gasteiger partial charge in [-0.15, -0.1) is 0 Å². The summed E-state index contributed by atoms with van der Waals surface area (Å²) in [5, 5.41) is 13.9. The Balaban J connectivity index is 1.23. The van der Waals surface area contributed by atoms with Gasteiger partial charge in [0.1, 0.15) is 18.2 Å². The molecule has 1 N–H and O–H groups in total. The molecule has 9 nitrogen and oxygen atoms in total. The van der Waals surface area contributed by atoms with Crippen LogP contribution in [0.15, 0.2) is 27.5 Å². The van der Waals surface area contributed by atoms with Crippen LogP contribution in [0.4, 0.5) is 9.18 Å². The highest BCUT2D eigenvalue weighted by atomic mass is 19.1. The van der Waals surface area contributed by atoms with E-state index in [9.17, 15) is 14.0 Å². The van der Waals surface area contributed by atoms with Crippen molar-refractivity contribution < 1.29 is 23.6 Å². The quantitative estimate of drug-likeness (QED) is 0.526. The zero-order valence-electron chi connectivity index (χ0n) is 19.7. The van der Waals surface area contributed by atoms with Gasteiger partial charge in [-0.25, -0.2) is 14.2 Å². The maximum absolute atomic E-state index is 13.4. The van der Waals surface area contributed by atoms with E-state index in [1.54, 1.807) is 10.6 Å². The second-order valence-electron chi connectivity index (χ2n) is 9.48. The molecular formula is C25H29FN4O5. The van der Waals surface area contributed by atoms with Crippen LogP contribution in [0.5, 0.6) is 0 Å². The second-order valence-corrected chi connectivity index (χ2v) is 9.48. The van der Waals surface area contributed by atoms with E-state index in [1.807, 2.05) is 6.92 Å². The molecule has 186 valence electrons. The molecule has 35 heavy (non-hydrogen) atoms.